The number of esters is 2. The number of carbonyl (C=O) groups excluding carboxylic acids is 2. The molecule has 0 unspecified atom stereocenters. The van der Waals surface area contributed by atoms with Crippen LogP contribution in [0, 0.1) is 27.2 Å². The standard InChI is InChI=1S/C46H37Cl2FN8O8S2.C3H5F.C3H6.C2H6/c1-4-6-15-50-21-33-22-51-42(54(33)38-11-7-29(47)16-27(38)3)25-64-45(58)36-18-31(56(60)61)9-13-40(36)66-67-41-14-10-32(57(62)63)19-37(41)46(59)65-26-43-52-23-34-24-53-44(28(5-2)20-49)35-17-30(48)8-12-39(35)55(34)43;1-2-3-4;1-3-2;1-2/h4-19,22-23H,20-21,24-26H2,1-3H3;2-3H,1H3;3H,1H2,2H3;1-2H3/b6-4+,28-5+,50-15?;3-2+;;. The first-order valence-electron chi connectivity index (χ1n) is 23.2. The second-order valence-electron chi connectivity index (χ2n) is 15.3. The van der Waals surface area contributed by atoms with Gasteiger partial charge in [-0.3, -0.25) is 39.3 Å². The molecule has 6 aromatic rings. The van der Waals surface area contributed by atoms with Crippen molar-refractivity contribution in [3.63, 3.8) is 0 Å². The lowest BCUT2D eigenvalue weighted by atomic mass is 10.0. The molecule has 0 saturated carbocycles. The SMILES string of the molecule is C/C=C(\CF)C1=NCc2cnc(COC(=O)c3cc([N+](=O)[O-])ccc3SSc3ccc([N+](=O)[O-])cc3C(=O)OCc3ncc(CN=C/C=C/C)n3-c3ccc(Cl)cc3C)n2-c2ccc(Cl)cc21.C/C=C/F.C=CC.CC. The summed E-state index contributed by atoms with van der Waals surface area (Å²) >= 11 is 12.6. The van der Waals surface area contributed by atoms with E-state index in [4.69, 9.17) is 32.7 Å². The molecule has 1 aliphatic rings. The molecule has 7 rings (SSSR count). The number of alkyl halides is 1. The largest absolute Gasteiger partial charge is 0.454 e. The van der Waals surface area contributed by atoms with Gasteiger partial charge in [0.25, 0.3) is 11.4 Å². The second-order valence-corrected chi connectivity index (χ2v) is 18.4. The molecular weight excluding hydrogens is 1060 g/mol. The van der Waals surface area contributed by atoms with Crippen LogP contribution in [-0.2, 0) is 35.8 Å². The maximum Gasteiger partial charge on any atom is 0.340 e. The molecule has 0 spiro atoms. The van der Waals surface area contributed by atoms with Gasteiger partial charge in [-0.25, -0.2) is 28.3 Å². The van der Waals surface area contributed by atoms with Crippen LogP contribution in [0.3, 0.4) is 0 Å². The number of aryl methyl sites for hydroxylation is 1. The normalized spacial score (nSPS) is 11.7. The highest BCUT2D eigenvalue weighted by molar-refractivity contribution is 8.76. The molecule has 16 nitrogen and oxygen atoms in total. The van der Waals surface area contributed by atoms with Gasteiger partial charge in [-0.05, 0) is 94.8 Å². The molecule has 0 saturated heterocycles. The van der Waals surface area contributed by atoms with Gasteiger partial charge < -0.3 is 9.47 Å². The van der Waals surface area contributed by atoms with Crippen LogP contribution in [0.25, 0.3) is 11.4 Å². The third kappa shape index (κ3) is 16.0. The monoisotopic (exact) mass is 1110 g/mol. The van der Waals surface area contributed by atoms with Crippen molar-refractivity contribution in [2.24, 2.45) is 9.98 Å². The highest BCUT2D eigenvalue weighted by atomic mass is 35.5. The van der Waals surface area contributed by atoms with E-state index in [1.54, 1.807) is 96.2 Å². The van der Waals surface area contributed by atoms with Gasteiger partial charge in [-0.1, -0.05) is 82.9 Å². The van der Waals surface area contributed by atoms with Crippen molar-refractivity contribution in [2.45, 2.75) is 84.6 Å². The van der Waals surface area contributed by atoms with E-state index in [-0.39, 0.29) is 58.7 Å². The Morgan fingerprint density at radius 3 is 1.83 bits per heavy atom. The number of ether oxygens (including phenoxy) is 2. The van der Waals surface area contributed by atoms with Gasteiger partial charge in [0.2, 0.25) is 0 Å². The van der Waals surface area contributed by atoms with Gasteiger partial charge in [0, 0.05) is 61.5 Å². The van der Waals surface area contributed by atoms with E-state index in [0.717, 1.165) is 45.0 Å². The minimum absolute atomic E-state index is 0.127. The smallest absolute Gasteiger partial charge is 0.340 e. The number of aliphatic imine (C=N–C) groups is 2. The van der Waals surface area contributed by atoms with E-state index in [9.17, 15) is 38.6 Å². The maximum absolute atomic E-state index is 14.1. The number of nitrogens with zero attached hydrogens (tertiary/aromatic N) is 8. The molecule has 3 heterocycles. The van der Waals surface area contributed by atoms with Crippen LogP contribution in [0.5, 0.6) is 0 Å². The summed E-state index contributed by atoms with van der Waals surface area (Å²) in [6.45, 7) is 15.2. The average Bonchev–Trinajstić information content (AvgIpc) is 3.98. The fourth-order valence-corrected chi connectivity index (χ4v) is 9.66. The van der Waals surface area contributed by atoms with Gasteiger partial charge >= 0.3 is 11.9 Å². The molecule has 76 heavy (non-hydrogen) atoms. The van der Waals surface area contributed by atoms with Crippen LogP contribution in [-0.4, -0.2) is 59.5 Å². The minimum atomic E-state index is -0.929. The fourth-order valence-electron chi connectivity index (χ4n) is 6.96. The Bertz CT molecular complexity index is 3210. The molecule has 2 aromatic heterocycles. The number of rotatable bonds is 17. The second kappa shape index (κ2) is 30.8. The maximum atomic E-state index is 14.1. The lowest BCUT2D eigenvalue weighted by Gasteiger charge is -2.16. The van der Waals surface area contributed by atoms with E-state index >= 15 is 0 Å². The average molecular weight is 1120 g/mol. The molecule has 0 atom stereocenters. The number of aromatic nitrogens is 4. The predicted octanol–water partition coefficient (Wildman–Crippen LogP) is 15.1. The summed E-state index contributed by atoms with van der Waals surface area (Å²) in [4.78, 5) is 68.8. The fraction of sp³-hybridized carbons (Fsp3) is 0.222. The molecule has 0 aliphatic carbocycles. The van der Waals surface area contributed by atoms with Crippen LogP contribution in [0.15, 0.2) is 154 Å². The number of allylic oxidation sites excluding steroid dienone is 6. The van der Waals surface area contributed by atoms with Gasteiger partial charge in [0.15, 0.2) is 11.6 Å². The molecule has 398 valence electrons. The summed E-state index contributed by atoms with van der Waals surface area (Å²) in [5.41, 5.74) is 3.65. The van der Waals surface area contributed by atoms with Crippen LogP contribution in [0.2, 0.25) is 10.0 Å². The summed E-state index contributed by atoms with van der Waals surface area (Å²) in [6.07, 6.45) is 13.7. The van der Waals surface area contributed by atoms with Crippen molar-refractivity contribution in [2.75, 3.05) is 6.67 Å². The van der Waals surface area contributed by atoms with Crippen molar-refractivity contribution >= 4 is 80.0 Å². The van der Waals surface area contributed by atoms with Gasteiger partial charge in [-0.2, -0.15) is 0 Å². The first kappa shape index (κ1) is 61.0. The Morgan fingerprint density at radius 1 is 0.803 bits per heavy atom. The molecule has 0 fully saturated rings. The number of nitro benzene ring substituents is 2. The minimum Gasteiger partial charge on any atom is -0.454 e. The number of hydrogen-bond donors (Lipinski definition) is 0. The van der Waals surface area contributed by atoms with Crippen molar-refractivity contribution in [3.05, 3.63) is 210 Å². The van der Waals surface area contributed by atoms with Crippen molar-refractivity contribution in [1.29, 1.82) is 0 Å². The van der Waals surface area contributed by atoms with E-state index in [1.165, 1.54) is 30.3 Å². The Morgan fingerprint density at radius 2 is 1.33 bits per heavy atom. The van der Waals surface area contributed by atoms with Crippen LogP contribution in [0.4, 0.5) is 20.2 Å². The molecule has 0 bridgehead atoms. The highest BCUT2D eigenvalue weighted by Crippen LogP contribution is 2.43. The lowest BCUT2D eigenvalue weighted by Crippen LogP contribution is -2.13. The summed E-state index contributed by atoms with van der Waals surface area (Å²) < 4.78 is 39.7. The number of halogens is 4. The van der Waals surface area contributed by atoms with Crippen molar-refractivity contribution in [1.82, 2.24) is 19.1 Å². The molecule has 0 N–H and O–H groups in total. The summed E-state index contributed by atoms with van der Waals surface area (Å²) in [5, 5.41) is 24.7. The number of carbonyl (C=O) groups is 2. The molecule has 0 radical (unpaired) electrons. The highest BCUT2D eigenvalue weighted by Gasteiger charge is 2.27. The number of nitro groups is 2. The molecular formula is C54H54Cl2F2N8O8S2. The third-order valence-electron chi connectivity index (χ3n) is 10.3. The number of non-ortho nitro benzene ring substituents is 2. The van der Waals surface area contributed by atoms with Gasteiger partial charge in [0.1, 0.15) is 19.9 Å². The zero-order valence-corrected chi connectivity index (χ0v) is 45.7. The number of benzene rings is 4. The van der Waals surface area contributed by atoms with E-state index in [0.29, 0.717) is 56.1 Å². The van der Waals surface area contributed by atoms with E-state index in [1.807, 2.05) is 40.7 Å². The Hall–Kier alpha value is -7.52. The Kier molecular flexibility index (Phi) is 24.7. The summed E-state index contributed by atoms with van der Waals surface area (Å²) in [7, 11) is 1.92. The Balaban J connectivity index is 0.00000129. The zero-order chi connectivity index (χ0) is 55.9. The number of imidazole rings is 2. The quantitative estimate of drug-likeness (QED) is 0.0209. The van der Waals surface area contributed by atoms with Crippen molar-refractivity contribution in [3.8, 4) is 11.4 Å². The van der Waals surface area contributed by atoms with E-state index in [2.05, 4.69) is 26.5 Å². The lowest BCUT2D eigenvalue weighted by molar-refractivity contribution is -0.385. The first-order chi connectivity index (χ1) is 36.6. The number of fused-ring (bicyclic) bond motifs is 3. The zero-order valence-electron chi connectivity index (χ0n) is 42.5. The van der Waals surface area contributed by atoms with Crippen LogP contribution < -0.4 is 0 Å². The van der Waals surface area contributed by atoms with Gasteiger partial charge in [-0.15, -0.1) is 6.58 Å². The van der Waals surface area contributed by atoms with Crippen LogP contribution >= 0.6 is 44.8 Å². The van der Waals surface area contributed by atoms with Crippen LogP contribution in [0.1, 0.15) is 96.4 Å². The third-order valence-corrected chi connectivity index (χ3v) is 13.3. The first-order valence-corrected chi connectivity index (χ1v) is 26.1. The predicted molar refractivity (Wildman–Crippen MR) is 298 cm³/mol. The summed E-state index contributed by atoms with van der Waals surface area (Å²) in [6, 6.07) is 17.7. The van der Waals surface area contributed by atoms with E-state index < -0.39 is 34.1 Å². The van der Waals surface area contributed by atoms with Crippen molar-refractivity contribution < 1.29 is 37.7 Å². The summed E-state index contributed by atoms with van der Waals surface area (Å²) in [5.74, 6) is -1.21. The van der Waals surface area contributed by atoms with Gasteiger partial charge in [0.05, 0.1) is 81.3 Å². The molecule has 0 amide bonds. The molecule has 22 heteroatoms. The molecule has 1 aliphatic heterocycles. The topological polar surface area (TPSA) is 199 Å². The number of hydrogen-bond acceptors (Lipinski definition) is 14. The Labute approximate surface area is 456 Å². The molecule has 4 aromatic carbocycles.